The van der Waals surface area contributed by atoms with E-state index < -0.39 is 34.8 Å². The molecule has 1 saturated heterocycles. The van der Waals surface area contributed by atoms with Crippen LogP contribution in [0.25, 0.3) is 0 Å². The van der Waals surface area contributed by atoms with Gasteiger partial charge in [0.2, 0.25) is 5.91 Å². The molecule has 2 aromatic rings. The second-order valence-corrected chi connectivity index (χ2v) is 7.94. The summed E-state index contributed by atoms with van der Waals surface area (Å²) in [6, 6.07) is 3.21. The summed E-state index contributed by atoms with van der Waals surface area (Å²) < 4.78 is 20.8. The van der Waals surface area contributed by atoms with E-state index in [0.29, 0.717) is 18.5 Å². The van der Waals surface area contributed by atoms with Crippen LogP contribution in [-0.4, -0.2) is 52.0 Å². The summed E-state index contributed by atoms with van der Waals surface area (Å²) in [5, 5.41) is 0. The van der Waals surface area contributed by atoms with E-state index in [1.807, 2.05) is 0 Å². The maximum Gasteiger partial charge on any atom is 0.332 e. The molecule has 4 N–H and O–H groups in total. The quantitative estimate of drug-likeness (QED) is 0.539. The first-order valence-electron chi connectivity index (χ1n) is 10.7. The van der Waals surface area contributed by atoms with E-state index in [1.54, 1.807) is 11.8 Å². The van der Waals surface area contributed by atoms with Crippen LogP contribution in [0.15, 0.2) is 27.8 Å². The van der Waals surface area contributed by atoms with E-state index in [2.05, 4.69) is 0 Å². The predicted octanol–water partition coefficient (Wildman–Crippen LogP) is 0.331. The van der Waals surface area contributed by atoms with Crippen LogP contribution in [0, 0.1) is 5.82 Å². The Balaban J connectivity index is 2.06. The third-order valence-corrected chi connectivity index (χ3v) is 5.93. The Morgan fingerprint density at radius 1 is 1.21 bits per heavy atom. The van der Waals surface area contributed by atoms with E-state index >= 15 is 0 Å². The minimum absolute atomic E-state index is 0.0202. The molecule has 11 heteroatoms. The molecule has 0 spiro atoms. The second-order valence-electron chi connectivity index (χ2n) is 7.94. The number of nitrogens with zero attached hydrogens (tertiary/aromatic N) is 3. The Kier molecular flexibility index (Phi) is 7.32. The molecule has 0 bridgehead atoms. The number of ketones is 1. The molecule has 33 heavy (non-hydrogen) atoms. The van der Waals surface area contributed by atoms with Crippen molar-refractivity contribution in [3.05, 3.63) is 56.0 Å². The van der Waals surface area contributed by atoms with Crippen LogP contribution in [0.5, 0.6) is 5.75 Å². The number of benzene rings is 1. The number of nitrogens with two attached hydrogens (primary N) is 2. The Hall–Kier alpha value is -3.47. The number of nitrogen functional groups attached to an aromatic ring is 1. The number of likely N-dealkylation sites (tertiary alicyclic amines) is 1. The summed E-state index contributed by atoms with van der Waals surface area (Å²) in [6.45, 7) is 1.74. The predicted molar refractivity (Wildman–Crippen MR) is 120 cm³/mol. The highest BCUT2D eigenvalue weighted by Crippen LogP contribution is 2.22. The van der Waals surface area contributed by atoms with Crippen LogP contribution >= 0.6 is 0 Å². The average molecular weight is 461 g/mol. The van der Waals surface area contributed by atoms with E-state index in [4.69, 9.17) is 16.2 Å². The molecule has 178 valence electrons. The zero-order valence-corrected chi connectivity index (χ0v) is 18.7. The Bertz CT molecular complexity index is 1190. The van der Waals surface area contributed by atoms with Crippen molar-refractivity contribution in [1.82, 2.24) is 14.0 Å². The molecule has 0 radical (unpaired) electrons. The summed E-state index contributed by atoms with van der Waals surface area (Å²) >= 11 is 0. The fourth-order valence-electron chi connectivity index (χ4n) is 4.19. The van der Waals surface area contributed by atoms with Crippen molar-refractivity contribution in [2.75, 3.05) is 25.9 Å². The van der Waals surface area contributed by atoms with Gasteiger partial charge in [0.25, 0.3) is 5.56 Å². The van der Waals surface area contributed by atoms with Crippen molar-refractivity contribution in [1.29, 1.82) is 0 Å². The van der Waals surface area contributed by atoms with Crippen LogP contribution in [0.4, 0.5) is 10.2 Å². The zero-order chi connectivity index (χ0) is 24.3. The third-order valence-electron chi connectivity index (χ3n) is 5.93. The lowest BCUT2D eigenvalue weighted by Crippen LogP contribution is -2.51. The highest BCUT2D eigenvalue weighted by atomic mass is 19.1. The number of primary amides is 1. The first-order chi connectivity index (χ1) is 15.7. The van der Waals surface area contributed by atoms with Crippen molar-refractivity contribution in [2.24, 2.45) is 5.73 Å². The summed E-state index contributed by atoms with van der Waals surface area (Å²) in [6.07, 6.45) is 2.13. The molecule has 1 aliphatic heterocycles. The first kappa shape index (κ1) is 24.2. The number of amides is 1. The lowest BCUT2D eigenvalue weighted by atomic mass is 10.0. The molecule has 1 aromatic heterocycles. The smallest absolute Gasteiger partial charge is 0.332 e. The van der Waals surface area contributed by atoms with E-state index in [9.17, 15) is 23.6 Å². The molecular formula is C22H28FN5O5. The lowest BCUT2D eigenvalue weighted by Gasteiger charge is -2.33. The molecule has 0 aliphatic carbocycles. The average Bonchev–Trinajstić information content (AvgIpc) is 2.78. The van der Waals surface area contributed by atoms with Crippen molar-refractivity contribution in [2.45, 2.75) is 45.3 Å². The number of carbonyl (C=O) groups is 2. The van der Waals surface area contributed by atoms with Crippen LogP contribution < -0.4 is 27.5 Å². The number of Topliss-reactive ketones (excluding diaryl/α,β-unsaturated/α-hetero) is 1. The van der Waals surface area contributed by atoms with Gasteiger partial charge in [-0.25, -0.2) is 9.18 Å². The van der Waals surface area contributed by atoms with Crippen LogP contribution in [0.2, 0.25) is 0 Å². The van der Waals surface area contributed by atoms with E-state index in [1.165, 1.54) is 25.3 Å². The highest BCUT2D eigenvalue weighted by Gasteiger charge is 2.31. The first-order valence-corrected chi connectivity index (χ1v) is 10.7. The number of rotatable bonds is 8. The van der Waals surface area contributed by atoms with Gasteiger partial charge in [0.1, 0.15) is 22.9 Å². The molecule has 10 nitrogen and oxygen atoms in total. The van der Waals surface area contributed by atoms with Crippen LogP contribution in [0.1, 0.15) is 42.1 Å². The van der Waals surface area contributed by atoms with Gasteiger partial charge >= 0.3 is 5.69 Å². The summed E-state index contributed by atoms with van der Waals surface area (Å²) in [4.78, 5) is 52.6. The largest absolute Gasteiger partial charge is 0.496 e. The van der Waals surface area contributed by atoms with Gasteiger partial charge in [0, 0.05) is 18.2 Å². The third kappa shape index (κ3) is 4.82. The Morgan fingerprint density at radius 3 is 2.58 bits per heavy atom. The van der Waals surface area contributed by atoms with Crippen LogP contribution in [0.3, 0.4) is 0 Å². The minimum Gasteiger partial charge on any atom is -0.496 e. The number of methoxy groups -OCH3 is 1. The molecule has 3 rings (SSSR count). The van der Waals surface area contributed by atoms with E-state index in [-0.39, 0.29) is 36.8 Å². The van der Waals surface area contributed by atoms with Crippen LogP contribution in [-0.2, 0) is 17.9 Å². The number of carbonyl (C=O) groups excluding carboxylic acids is 2. The molecule has 1 unspecified atom stereocenters. The molecule has 1 fully saturated rings. The summed E-state index contributed by atoms with van der Waals surface area (Å²) in [7, 11) is 1.36. The SMILES string of the molecule is CCn1c(=O)c(C(=O)CN2CCCCC2C(N)=O)c(N)n(Cc2ccc(F)cc2OC)c1=O. The van der Waals surface area contributed by atoms with Gasteiger partial charge in [-0.3, -0.25) is 28.4 Å². The fourth-order valence-corrected chi connectivity index (χ4v) is 4.19. The molecule has 1 aromatic carbocycles. The van der Waals surface area contributed by atoms with Gasteiger partial charge in [0.15, 0.2) is 5.78 Å². The molecule has 2 heterocycles. The second kappa shape index (κ2) is 9.99. The van der Waals surface area contributed by atoms with Gasteiger partial charge in [-0.05, 0) is 32.4 Å². The molecule has 0 saturated carbocycles. The standard InChI is InChI=1S/C22H28FN5O5/c1-3-27-21(31)18(16(29)12-26-9-5-4-6-15(26)20(25)30)19(24)28(22(27)32)11-13-7-8-14(23)10-17(13)33-2/h7-8,10,15H,3-6,9,11-12,24H2,1-2H3,(H2,25,30). The zero-order valence-electron chi connectivity index (χ0n) is 18.7. The van der Waals surface area contributed by atoms with Gasteiger partial charge < -0.3 is 16.2 Å². The van der Waals surface area contributed by atoms with Gasteiger partial charge in [-0.2, -0.15) is 0 Å². The van der Waals surface area contributed by atoms with Gasteiger partial charge in [-0.1, -0.05) is 12.5 Å². The number of aromatic nitrogens is 2. The maximum absolute atomic E-state index is 13.6. The van der Waals surface area contributed by atoms with Crippen molar-refractivity contribution >= 4 is 17.5 Å². The molecule has 1 aliphatic rings. The monoisotopic (exact) mass is 461 g/mol. The fraction of sp³-hybridized carbons (Fsp3) is 0.455. The van der Waals surface area contributed by atoms with Crippen molar-refractivity contribution < 1.29 is 18.7 Å². The number of halogens is 1. The Labute approximate surface area is 189 Å². The summed E-state index contributed by atoms with van der Waals surface area (Å²) in [5.74, 6) is -1.75. The topological polar surface area (TPSA) is 143 Å². The summed E-state index contributed by atoms with van der Waals surface area (Å²) in [5.41, 5.74) is 10.3. The van der Waals surface area contributed by atoms with Gasteiger partial charge in [-0.15, -0.1) is 0 Å². The van der Waals surface area contributed by atoms with Crippen molar-refractivity contribution in [3.63, 3.8) is 0 Å². The number of piperidine rings is 1. The highest BCUT2D eigenvalue weighted by molar-refractivity contribution is 6.01. The number of anilines is 1. The molecule has 1 atom stereocenters. The Morgan fingerprint density at radius 2 is 1.94 bits per heavy atom. The van der Waals surface area contributed by atoms with E-state index in [0.717, 1.165) is 22.0 Å². The number of ether oxygens (including phenoxy) is 1. The van der Waals surface area contributed by atoms with Crippen molar-refractivity contribution in [3.8, 4) is 5.75 Å². The van der Waals surface area contributed by atoms with Gasteiger partial charge in [0.05, 0.1) is 26.2 Å². The minimum atomic E-state index is -0.792. The number of hydrogen-bond acceptors (Lipinski definition) is 7. The molecular weight excluding hydrogens is 433 g/mol. The molecule has 1 amide bonds. The lowest BCUT2D eigenvalue weighted by molar-refractivity contribution is -0.124. The maximum atomic E-state index is 13.6. The normalized spacial score (nSPS) is 16.5. The number of hydrogen-bond donors (Lipinski definition) is 2.